The minimum Gasteiger partial charge on any atom is -0.662 e. The van der Waals surface area contributed by atoms with Crippen LogP contribution in [0.5, 0.6) is 0 Å². The number of hydrogen-bond donors (Lipinski definition) is 3. The summed E-state index contributed by atoms with van der Waals surface area (Å²) in [5.41, 5.74) is 3.33. The number of piperidine rings is 2. The normalized spacial score (nSPS) is 21.1. The van der Waals surface area contributed by atoms with E-state index in [0.29, 0.717) is 0 Å². The van der Waals surface area contributed by atoms with Crippen LogP contribution in [0.2, 0.25) is 0 Å². The van der Waals surface area contributed by atoms with E-state index in [4.69, 9.17) is 0 Å². The van der Waals surface area contributed by atoms with Gasteiger partial charge in [-0.05, 0) is 75.2 Å². The van der Waals surface area contributed by atoms with E-state index in [1.54, 1.807) is 12.2 Å². The topological polar surface area (TPSA) is 84.3 Å². The second-order valence-corrected chi connectivity index (χ2v) is 9.47. The molecule has 0 unspecified atom stereocenters. The third kappa shape index (κ3) is 5.97. The van der Waals surface area contributed by atoms with Gasteiger partial charge in [-0.1, -0.05) is 36.4 Å². The summed E-state index contributed by atoms with van der Waals surface area (Å²) in [6.45, 7) is 3.72. The fourth-order valence-electron chi connectivity index (χ4n) is 5.13. The first-order valence-corrected chi connectivity index (χ1v) is 12.1. The van der Waals surface area contributed by atoms with Crippen LogP contribution in [-0.2, 0) is 0 Å². The Kier molecular flexibility index (Phi) is 8.65. The van der Waals surface area contributed by atoms with E-state index in [1.165, 1.54) is 0 Å². The molecule has 4 aliphatic heterocycles. The van der Waals surface area contributed by atoms with Gasteiger partial charge in [0.1, 0.15) is 0 Å². The van der Waals surface area contributed by atoms with Crippen LogP contribution in [0.3, 0.4) is 0 Å². The standard InChI is InChI=1S/C14H16N2O.C14H15N2O.Ac/c2*17-13-5-6-14(7-9-15-10-8-14)16-12-4-2-1-3-11(12)13;/h1-6,15-16H,7-10H2;1-6,16H,7-10H2;/q;-1;. The molecule has 0 amide bonds. The molecule has 4 heterocycles. The molecular weight excluding hydrogens is 651 g/mol. The van der Waals surface area contributed by atoms with Crippen molar-refractivity contribution in [1.82, 2.24) is 5.32 Å². The van der Waals surface area contributed by atoms with Crippen molar-refractivity contribution >= 4 is 22.9 Å². The quantitative estimate of drug-likeness (QED) is 0.375. The van der Waals surface area contributed by atoms with Crippen LogP contribution in [-0.4, -0.2) is 48.8 Å². The van der Waals surface area contributed by atoms with E-state index in [1.807, 2.05) is 54.6 Å². The van der Waals surface area contributed by atoms with Gasteiger partial charge in [-0.2, -0.15) is 0 Å². The molecule has 2 spiro atoms. The molecular formula is C28H31AcN4O2-. The van der Waals surface area contributed by atoms with Crippen LogP contribution in [0.4, 0.5) is 11.4 Å². The fraction of sp³-hybridized carbons (Fsp3) is 0.357. The molecule has 179 valence electrons. The second-order valence-electron chi connectivity index (χ2n) is 9.47. The molecule has 0 aromatic heterocycles. The molecule has 6 rings (SSSR count). The largest absolute Gasteiger partial charge is 0.662 e. The van der Waals surface area contributed by atoms with E-state index < -0.39 is 0 Å². The van der Waals surface area contributed by atoms with Crippen LogP contribution in [0.1, 0.15) is 46.4 Å². The van der Waals surface area contributed by atoms with Crippen molar-refractivity contribution in [1.29, 1.82) is 0 Å². The predicted octanol–water partition coefficient (Wildman–Crippen LogP) is 4.73. The van der Waals surface area contributed by atoms with Gasteiger partial charge in [0.25, 0.3) is 0 Å². The van der Waals surface area contributed by atoms with Crippen LogP contribution >= 0.6 is 0 Å². The minimum atomic E-state index is -0.0794. The molecule has 2 saturated heterocycles. The average Bonchev–Trinajstić information content (AvgIpc) is 3.09. The number of ketones is 2. The van der Waals surface area contributed by atoms with E-state index in [9.17, 15) is 9.59 Å². The Morgan fingerprint density at radius 1 is 0.657 bits per heavy atom. The van der Waals surface area contributed by atoms with Gasteiger partial charge >= 0.3 is 0 Å². The van der Waals surface area contributed by atoms with Crippen molar-refractivity contribution in [3.8, 4) is 0 Å². The third-order valence-electron chi connectivity index (χ3n) is 7.19. The summed E-state index contributed by atoms with van der Waals surface area (Å²) in [6.07, 6.45) is 11.5. The number of para-hydroxylation sites is 2. The van der Waals surface area contributed by atoms with Gasteiger partial charge in [0.05, 0.1) is 11.1 Å². The fourth-order valence-corrected chi connectivity index (χ4v) is 5.13. The summed E-state index contributed by atoms with van der Waals surface area (Å²) in [5.74, 6) is 0.191. The second kappa shape index (κ2) is 11.5. The molecule has 0 aliphatic carbocycles. The summed E-state index contributed by atoms with van der Waals surface area (Å²) < 4.78 is 0. The van der Waals surface area contributed by atoms with E-state index in [2.05, 4.69) is 27.3 Å². The van der Waals surface area contributed by atoms with Crippen molar-refractivity contribution in [2.24, 2.45) is 0 Å². The van der Waals surface area contributed by atoms with Gasteiger partial charge in [0.15, 0.2) is 11.6 Å². The van der Waals surface area contributed by atoms with Crippen molar-refractivity contribution < 1.29 is 53.7 Å². The number of rotatable bonds is 0. The van der Waals surface area contributed by atoms with Crippen LogP contribution in [0.15, 0.2) is 72.8 Å². The SMILES string of the molecule is O=C1C=CC2(CCNCC2)Nc2ccccc21.O=C1C=CC2(CC[N-]CC2)Nc2ccccc21.[Ac]. The summed E-state index contributed by atoms with van der Waals surface area (Å²) in [6, 6.07) is 15.5. The molecule has 0 bridgehead atoms. The van der Waals surface area contributed by atoms with Gasteiger partial charge in [-0.15, -0.1) is 13.1 Å². The molecule has 2 fully saturated rings. The van der Waals surface area contributed by atoms with Crippen LogP contribution in [0, 0.1) is 44.1 Å². The first-order chi connectivity index (χ1) is 16.6. The first-order valence-electron chi connectivity index (χ1n) is 12.1. The number of allylic oxidation sites excluding steroid dienone is 2. The number of nitrogens with one attached hydrogen (secondary N) is 3. The van der Waals surface area contributed by atoms with Gasteiger partial charge in [0, 0.05) is 66.6 Å². The maximum atomic E-state index is 12.0. The number of carbonyl (C=O) groups excluding carboxylic acids is 2. The van der Waals surface area contributed by atoms with Gasteiger partial charge in [0.2, 0.25) is 0 Å². The van der Waals surface area contributed by atoms with Crippen molar-refractivity contribution in [2.45, 2.75) is 36.8 Å². The Bertz CT molecular complexity index is 1040. The Morgan fingerprint density at radius 2 is 1.11 bits per heavy atom. The summed E-state index contributed by atoms with van der Waals surface area (Å²) in [4.78, 5) is 24.0. The molecule has 4 aliphatic rings. The maximum Gasteiger partial charge on any atom is 0.187 e. The molecule has 0 saturated carbocycles. The molecule has 3 N–H and O–H groups in total. The van der Waals surface area contributed by atoms with E-state index in [0.717, 1.165) is 74.4 Å². The Balaban J connectivity index is 0.000000160. The zero-order valence-electron chi connectivity index (χ0n) is 19.9. The first kappa shape index (κ1) is 26.3. The van der Waals surface area contributed by atoms with Crippen molar-refractivity contribution in [3.05, 3.63) is 89.3 Å². The van der Waals surface area contributed by atoms with Gasteiger partial charge < -0.3 is 21.3 Å². The van der Waals surface area contributed by atoms with E-state index in [-0.39, 0.29) is 66.7 Å². The van der Waals surface area contributed by atoms with Gasteiger partial charge in [-0.3, -0.25) is 9.59 Å². The smallest absolute Gasteiger partial charge is 0.187 e. The number of hydrogen-bond acceptors (Lipinski definition) is 5. The van der Waals surface area contributed by atoms with Crippen molar-refractivity contribution in [3.63, 3.8) is 0 Å². The molecule has 6 nitrogen and oxygen atoms in total. The molecule has 7 heteroatoms. The Hall–Kier alpha value is -1.78. The summed E-state index contributed by atoms with van der Waals surface area (Å²) in [7, 11) is 0. The number of nitrogens with zero attached hydrogens (tertiary/aromatic N) is 1. The molecule has 0 atom stereocenters. The van der Waals surface area contributed by atoms with Gasteiger partial charge in [-0.25, -0.2) is 0 Å². The molecule has 2 aromatic rings. The third-order valence-corrected chi connectivity index (χ3v) is 7.19. The Labute approximate surface area is 243 Å². The summed E-state index contributed by atoms with van der Waals surface area (Å²) >= 11 is 0. The minimum absolute atomic E-state index is 0. The monoisotopic (exact) mass is 682 g/mol. The summed E-state index contributed by atoms with van der Waals surface area (Å²) in [5, 5.41) is 14.8. The zero-order chi connectivity index (χ0) is 23.4. The van der Waals surface area contributed by atoms with Crippen LogP contribution in [0.25, 0.3) is 5.32 Å². The van der Waals surface area contributed by atoms with E-state index >= 15 is 0 Å². The average molecular weight is 683 g/mol. The number of anilines is 2. The zero-order valence-corrected chi connectivity index (χ0v) is 24.7. The number of fused-ring (bicyclic) bond motifs is 2. The van der Waals surface area contributed by atoms with Crippen molar-refractivity contribution in [2.75, 3.05) is 36.8 Å². The maximum absolute atomic E-state index is 12.0. The van der Waals surface area contributed by atoms with Crippen LogP contribution < -0.4 is 16.0 Å². The Morgan fingerprint density at radius 3 is 1.63 bits per heavy atom. The predicted molar refractivity (Wildman–Crippen MR) is 137 cm³/mol. The molecule has 1 radical (unpaired) electrons. The number of carbonyl (C=O) groups is 2. The number of benzene rings is 2. The molecule has 2 aromatic carbocycles. The molecule has 35 heavy (non-hydrogen) atoms.